The number of hydrogen-bond donors (Lipinski definition) is 2. The number of esters is 1. The van der Waals surface area contributed by atoms with Crippen molar-refractivity contribution < 1.29 is 18.7 Å². The van der Waals surface area contributed by atoms with Gasteiger partial charge in [0, 0.05) is 5.69 Å². The topological polar surface area (TPSA) is 93.2 Å². The minimum Gasteiger partial charge on any atom is -0.467 e. The van der Waals surface area contributed by atoms with E-state index in [1.165, 1.54) is 42.3 Å². The lowest BCUT2D eigenvalue weighted by molar-refractivity contribution is -0.146. The number of aromatic nitrogens is 2. The number of rotatable bonds is 9. The van der Waals surface area contributed by atoms with Crippen LogP contribution >= 0.6 is 23.1 Å². The van der Waals surface area contributed by atoms with Crippen LogP contribution in [-0.4, -0.2) is 41.0 Å². The summed E-state index contributed by atoms with van der Waals surface area (Å²) < 4.78 is 18.5. The molecule has 0 aliphatic rings. The van der Waals surface area contributed by atoms with Gasteiger partial charge >= 0.3 is 5.97 Å². The van der Waals surface area contributed by atoms with Crippen molar-refractivity contribution in [3.63, 3.8) is 0 Å². The second-order valence-electron chi connectivity index (χ2n) is 5.75. The van der Waals surface area contributed by atoms with Crippen LogP contribution in [0.5, 0.6) is 0 Å². The summed E-state index contributed by atoms with van der Waals surface area (Å²) in [5.41, 5.74) is 0.565. The third-order valence-electron chi connectivity index (χ3n) is 3.79. The highest BCUT2D eigenvalue weighted by Crippen LogP contribution is 2.27. The van der Waals surface area contributed by atoms with Gasteiger partial charge in [-0.25, -0.2) is 9.18 Å². The average Bonchev–Trinajstić information content (AvgIpc) is 3.10. The quantitative estimate of drug-likeness (QED) is 0.482. The Bertz CT molecular complexity index is 787. The first-order chi connectivity index (χ1) is 12.9. The van der Waals surface area contributed by atoms with Crippen LogP contribution in [0.15, 0.2) is 28.6 Å². The van der Waals surface area contributed by atoms with Crippen LogP contribution in [0.3, 0.4) is 0 Å². The van der Waals surface area contributed by atoms with E-state index in [0.29, 0.717) is 15.2 Å². The Kier molecular flexibility index (Phi) is 7.99. The van der Waals surface area contributed by atoms with Crippen molar-refractivity contribution in [3.05, 3.63) is 30.1 Å². The lowest BCUT2D eigenvalue weighted by Gasteiger charge is -2.21. The van der Waals surface area contributed by atoms with Gasteiger partial charge in [-0.15, -0.1) is 10.2 Å². The van der Waals surface area contributed by atoms with Crippen molar-refractivity contribution in [1.29, 1.82) is 0 Å². The van der Waals surface area contributed by atoms with Gasteiger partial charge in [0.05, 0.1) is 12.9 Å². The van der Waals surface area contributed by atoms with Crippen LogP contribution in [0.4, 0.5) is 15.2 Å². The molecule has 7 nitrogen and oxygen atoms in total. The molecule has 1 aromatic carbocycles. The molecule has 0 unspecified atom stereocenters. The van der Waals surface area contributed by atoms with E-state index in [2.05, 4.69) is 20.8 Å². The molecule has 0 saturated carbocycles. The van der Waals surface area contributed by atoms with Crippen molar-refractivity contribution in [3.8, 4) is 0 Å². The fraction of sp³-hybridized carbons (Fsp3) is 0.412. The number of ether oxygens (including phenoxy) is 1. The fourth-order valence-electron chi connectivity index (χ4n) is 2.15. The number of thioether (sulfide) groups is 1. The molecule has 1 aromatic heterocycles. The number of anilines is 2. The predicted molar refractivity (Wildman–Crippen MR) is 104 cm³/mol. The van der Waals surface area contributed by atoms with Gasteiger partial charge in [-0.05, 0) is 24.1 Å². The summed E-state index contributed by atoms with van der Waals surface area (Å²) in [6.07, 6.45) is 0.735. The van der Waals surface area contributed by atoms with E-state index in [-0.39, 0.29) is 23.4 Å². The third-order valence-corrected chi connectivity index (χ3v) is 5.77. The average molecular weight is 413 g/mol. The number of nitrogens with zero attached hydrogens (tertiary/aromatic N) is 2. The highest BCUT2D eigenvalue weighted by atomic mass is 32.2. The molecule has 10 heteroatoms. The number of methoxy groups -OCH3 is 1. The Labute approximate surface area is 165 Å². The summed E-state index contributed by atoms with van der Waals surface area (Å²) in [6, 6.07) is 5.34. The van der Waals surface area contributed by atoms with Gasteiger partial charge in [0.1, 0.15) is 11.9 Å². The number of hydrogen-bond acceptors (Lipinski definition) is 8. The van der Waals surface area contributed by atoms with E-state index in [9.17, 15) is 14.0 Å². The van der Waals surface area contributed by atoms with Gasteiger partial charge in [0.15, 0.2) is 4.34 Å². The molecule has 2 rings (SSSR count). The summed E-state index contributed by atoms with van der Waals surface area (Å²) in [5.74, 6) is -1.03. The Morgan fingerprint density at radius 2 is 2.15 bits per heavy atom. The smallest absolute Gasteiger partial charge is 0.328 e. The highest BCUT2D eigenvalue weighted by Gasteiger charge is 2.26. The molecule has 2 N–H and O–H groups in total. The van der Waals surface area contributed by atoms with Crippen LogP contribution in [0.2, 0.25) is 0 Å². The summed E-state index contributed by atoms with van der Waals surface area (Å²) >= 11 is 2.46. The molecule has 0 saturated heterocycles. The van der Waals surface area contributed by atoms with E-state index in [0.717, 1.165) is 6.42 Å². The molecule has 0 spiro atoms. The molecular formula is C17H21FN4O3S2. The van der Waals surface area contributed by atoms with E-state index < -0.39 is 12.0 Å². The molecule has 2 aromatic rings. The number of amides is 1. The largest absolute Gasteiger partial charge is 0.467 e. The highest BCUT2D eigenvalue weighted by molar-refractivity contribution is 8.01. The zero-order valence-corrected chi connectivity index (χ0v) is 16.8. The molecule has 0 radical (unpaired) electrons. The number of carbonyl (C=O) groups is 2. The molecule has 2 atom stereocenters. The van der Waals surface area contributed by atoms with Crippen molar-refractivity contribution in [2.45, 2.75) is 30.6 Å². The van der Waals surface area contributed by atoms with E-state index in [1.54, 1.807) is 12.1 Å². The van der Waals surface area contributed by atoms with Gasteiger partial charge in [0.2, 0.25) is 11.0 Å². The van der Waals surface area contributed by atoms with Crippen molar-refractivity contribution >= 4 is 45.8 Å². The van der Waals surface area contributed by atoms with Crippen molar-refractivity contribution in [2.75, 3.05) is 18.2 Å². The molecule has 0 bridgehead atoms. The van der Waals surface area contributed by atoms with Crippen molar-refractivity contribution in [2.24, 2.45) is 5.92 Å². The maximum absolute atomic E-state index is 13.2. The number of benzene rings is 1. The number of halogens is 1. The van der Waals surface area contributed by atoms with Crippen LogP contribution in [0, 0.1) is 11.7 Å². The third kappa shape index (κ3) is 6.47. The van der Waals surface area contributed by atoms with Gasteiger partial charge in [-0.1, -0.05) is 49.4 Å². The summed E-state index contributed by atoms with van der Waals surface area (Å²) in [4.78, 5) is 24.0. The maximum atomic E-state index is 13.2. The molecule has 1 amide bonds. The molecular weight excluding hydrogens is 391 g/mol. The Hall–Kier alpha value is -2.20. The van der Waals surface area contributed by atoms with Gasteiger partial charge in [0.25, 0.3) is 0 Å². The van der Waals surface area contributed by atoms with Gasteiger partial charge in [-0.3, -0.25) is 4.79 Å². The maximum Gasteiger partial charge on any atom is 0.328 e. The minimum atomic E-state index is -0.673. The predicted octanol–water partition coefficient (Wildman–Crippen LogP) is 3.22. The molecule has 0 fully saturated rings. The second kappa shape index (κ2) is 10.2. The molecule has 0 aliphatic heterocycles. The standard InChI is InChI=1S/C17H21FN4O3S2/c1-4-10(2)14(15(24)25-3)20-13(23)9-26-17-22-21-16(27-17)19-12-7-5-6-11(18)8-12/h5-8,10,14H,4,9H2,1-3H3,(H,19,21)(H,20,23)/t10-,14-/m1/s1. The lowest BCUT2D eigenvalue weighted by atomic mass is 9.99. The Morgan fingerprint density at radius 3 is 2.81 bits per heavy atom. The van der Waals surface area contributed by atoms with Crippen LogP contribution in [0.1, 0.15) is 20.3 Å². The first-order valence-corrected chi connectivity index (χ1v) is 10.1. The van der Waals surface area contributed by atoms with Crippen LogP contribution in [0.25, 0.3) is 0 Å². The fourth-order valence-corrected chi connectivity index (χ4v) is 3.73. The zero-order valence-electron chi connectivity index (χ0n) is 15.2. The van der Waals surface area contributed by atoms with E-state index in [1.807, 2.05) is 13.8 Å². The van der Waals surface area contributed by atoms with E-state index >= 15 is 0 Å². The second-order valence-corrected chi connectivity index (χ2v) is 7.95. The van der Waals surface area contributed by atoms with Crippen molar-refractivity contribution in [1.82, 2.24) is 15.5 Å². The lowest BCUT2D eigenvalue weighted by Crippen LogP contribution is -2.46. The first-order valence-electron chi connectivity index (χ1n) is 8.29. The summed E-state index contributed by atoms with van der Waals surface area (Å²) in [5, 5.41) is 14.1. The summed E-state index contributed by atoms with van der Waals surface area (Å²) in [7, 11) is 1.30. The normalized spacial score (nSPS) is 12.9. The zero-order chi connectivity index (χ0) is 19.8. The molecule has 1 heterocycles. The van der Waals surface area contributed by atoms with Gasteiger partial charge in [-0.2, -0.15) is 0 Å². The molecule has 0 aliphatic carbocycles. The SMILES string of the molecule is CC[C@@H](C)[C@@H](NC(=O)CSc1nnc(Nc2cccc(F)c2)s1)C(=O)OC. The first kappa shape index (κ1) is 21.1. The minimum absolute atomic E-state index is 0.0324. The molecule has 146 valence electrons. The van der Waals surface area contributed by atoms with Crippen LogP contribution < -0.4 is 10.6 Å². The molecule has 27 heavy (non-hydrogen) atoms. The Balaban J connectivity index is 1.88. The van der Waals surface area contributed by atoms with E-state index in [4.69, 9.17) is 4.74 Å². The number of carbonyl (C=O) groups excluding carboxylic acids is 2. The Morgan fingerprint density at radius 1 is 1.37 bits per heavy atom. The van der Waals surface area contributed by atoms with Crippen LogP contribution in [-0.2, 0) is 14.3 Å². The van der Waals surface area contributed by atoms with Gasteiger partial charge < -0.3 is 15.4 Å². The number of nitrogens with one attached hydrogen (secondary N) is 2. The monoisotopic (exact) mass is 412 g/mol. The summed E-state index contributed by atoms with van der Waals surface area (Å²) in [6.45, 7) is 3.82.